The van der Waals surface area contributed by atoms with E-state index in [1.807, 2.05) is 6.92 Å². The van der Waals surface area contributed by atoms with Gasteiger partial charge in [-0.15, -0.1) is 0 Å². The molecule has 1 N–H and O–H groups in total. The van der Waals surface area contributed by atoms with Crippen molar-refractivity contribution in [3.8, 4) is 17.6 Å². The zero-order valence-corrected chi connectivity index (χ0v) is 15.8. The van der Waals surface area contributed by atoms with Gasteiger partial charge in [-0.3, -0.25) is 0 Å². The summed E-state index contributed by atoms with van der Waals surface area (Å²) in [6, 6.07) is 7.31. The molecule has 0 bridgehead atoms. The Bertz CT molecular complexity index is 928. The molecule has 4 nitrogen and oxygen atoms in total. The maximum absolute atomic E-state index is 10.9. The van der Waals surface area contributed by atoms with Crippen molar-refractivity contribution in [2.45, 2.75) is 40.0 Å². The lowest BCUT2D eigenvalue weighted by molar-refractivity contribution is 0.0696. The first-order valence-electron chi connectivity index (χ1n) is 8.61. The summed E-state index contributed by atoms with van der Waals surface area (Å²) in [7, 11) is 0. The smallest absolute Gasteiger partial charge is 0.337 e. The number of hydrogen-bond donors (Lipinski definition) is 1. The molecular formula is C22H23NO3. The monoisotopic (exact) mass is 349 g/mol. The molecule has 1 aromatic heterocycles. The van der Waals surface area contributed by atoms with Crippen LogP contribution in [0.3, 0.4) is 0 Å². The number of rotatable bonds is 1. The van der Waals surface area contributed by atoms with Gasteiger partial charge in [0.15, 0.2) is 0 Å². The number of nitrogens with zero attached hydrogens (tertiary/aromatic N) is 1. The Kier molecular flexibility index (Phi) is 4.28. The number of carboxylic acids is 1. The Morgan fingerprint density at radius 1 is 1.19 bits per heavy atom. The topological polar surface area (TPSA) is 59.4 Å². The van der Waals surface area contributed by atoms with Crippen molar-refractivity contribution in [3.05, 3.63) is 58.4 Å². The van der Waals surface area contributed by atoms with Crippen LogP contribution < -0.4 is 4.74 Å². The first-order valence-corrected chi connectivity index (χ1v) is 8.61. The van der Waals surface area contributed by atoms with E-state index in [2.05, 4.69) is 56.7 Å². The maximum atomic E-state index is 10.9. The van der Waals surface area contributed by atoms with Crippen molar-refractivity contribution < 1.29 is 14.6 Å². The summed E-state index contributed by atoms with van der Waals surface area (Å²) >= 11 is 0. The highest BCUT2D eigenvalue weighted by Gasteiger charge is 2.44. The first kappa shape index (κ1) is 18.0. The van der Waals surface area contributed by atoms with Crippen molar-refractivity contribution in [2.24, 2.45) is 5.41 Å². The summed E-state index contributed by atoms with van der Waals surface area (Å²) in [4.78, 5) is 15.0. The molecule has 134 valence electrons. The lowest BCUT2D eigenvalue weighted by Crippen LogP contribution is -2.44. The van der Waals surface area contributed by atoms with Crippen LogP contribution in [0.15, 0.2) is 30.5 Å². The lowest BCUT2D eigenvalue weighted by Gasteiger charge is -2.46. The van der Waals surface area contributed by atoms with E-state index in [0.717, 1.165) is 22.4 Å². The van der Waals surface area contributed by atoms with Crippen LogP contribution in [0.25, 0.3) is 0 Å². The summed E-state index contributed by atoms with van der Waals surface area (Å²) in [5.74, 6) is 6.14. The van der Waals surface area contributed by atoms with Crippen molar-refractivity contribution >= 4 is 5.97 Å². The molecule has 4 heteroatoms. The number of hydrogen-bond acceptors (Lipinski definition) is 3. The summed E-state index contributed by atoms with van der Waals surface area (Å²) in [5, 5.41) is 8.94. The highest BCUT2D eigenvalue weighted by atomic mass is 16.5. The Hall–Kier alpha value is -2.80. The summed E-state index contributed by atoms with van der Waals surface area (Å²) in [6.07, 6.45) is 1.32. The number of aromatic carboxylic acids is 1. The number of fused-ring (bicyclic) bond motifs is 1. The van der Waals surface area contributed by atoms with E-state index in [1.54, 1.807) is 6.07 Å². The third kappa shape index (κ3) is 3.06. The van der Waals surface area contributed by atoms with E-state index in [0.29, 0.717) is 12.3 Å². The Balaban J connectivity index is 1.99. The third-order valence-corrected chi connectivity index (χ3v) is 5.62. The molecule has 1 aliphatic heterocycles. The van der Waals surface area contributed by atoms with E-state index < -0.39 is 5.97 Å². The van der Waals surface area contributed by atoms with Crippen molar-refractivity contribution in [1.29, 1.82) is 0 Å². The van der Waals surface area contributed by atoms with Crippen LogP contribution in [0.2, 0.25) is 0 Å². The van der Waals surface area contributed by atoms with Gasteiger partial charge in [0.05, 0.1) is 12.2 Å². The molecule has 3 rings (SSSR count). The molecule has 1 aliphatic rings. The van der Waals surface area contributed by atoms with Gasteiger partial charge in [-0.25, -0.2) is 9.78 Å². The van der Waals surface area contributed by atoms with E-state index in [1.165, 1.54) is 12.3 Å². The average molecular weight is 349 g/mol. The molecule has 0 unspecified atom stereocenters. The average Bonchev–Trinajstić information content (AvgIpc) is 2.58. The van der Waals surface area contributed by atoms with E-state index in [4.69, 9.17) is 9.84 Å². The minimum atomic E-state index is -0.993. The molecule has 0 spiro atoms. The second-order valence-electron chi connectivity index (χ2n) is 7.95. The van der Waals surface area contributed by atoms with Gasteiger partial charge < -0.3 is 9.84 Å². The van der Waals surface area contributed by atoms with Gasteiger partial charge in [-0.2, -0.15) is 0 Å². The van der Waals surface area contributed by atoms with Crippen molar-refractivity contribution in [1.82, 2.24) is 4.98 Å². The first-order chi connectivity index (χ1) is 12.1. The van der Waals surface area contributed by atoms with E-state index in [9.17, 15) is 4.79 Å². The molecule has 0 saturated heterocycles. The van der Waals surface area contributed by atoms with Crippen LogP contribution >= 0.6 is 0 Å². The molecule has 1 aromatic carbocycles. The van der Waals surface area contributed by atoms with Crippen LogP contribution in [-0.2, 0) is 5.41 Å². The van der Waals surface area contributed by atoms with Crippen LogP contribution in [0, 0.1) is 24.2 Å². The number of benzene rings is 1. The van der Waals surface area contributed by atoms with Crippen molar-refractivity contribution in [3.63, 3.8) is 0 Å². The summed E-state index contributed by atoms with van der Waals surface area (Å²) < 4.78 is 5.99. The molecule has 0 atom stereocenters. The minimum Gasteiger partial charge on any atom is -0.493 e. The van der Waals surface area contributed by atoms with E-state index >= 15 is 0 Å². The summed E-state index contributed by atoms with van der Waals surface area (Å²) in [6.45, 7) is 11.6. The number of ether oxygens (including phenoxy) is 1. The van der Waals surface area contributed by atoms with Crippen LogP contribution in [0.5, 0.6) is 5.75 Å². The lowest BCUT2D eigenvalue weighted by atomic mass is 9.63. The standard InChI is InChI=1S/C22H23NO3/c1-14-10-19-18(22(4,5)21(2,3)13-26-19)11-15(14)6-8-17-9-7-16(12-23-17)20(24)25/h7,9-12H,13H2,1-5H3,(H,24,25). The normalized spacial score (nSPS) is 16.7. The fourth-order valence-corrected chi connectivity index (χ4v) is 2.95. The molecule has 0 radical (unpaired) electrons. The Morgan fingerprint density at radius 3 is 2.54 bits per heavy atom. The zero-order chi connectivity index (χ0) is 19.1. The molecule has 0 saturated carbocycles. The third-order valence-electron chi connectivity index (χ3n) is 5.62. The molecular weight excluding hydrogens is 326 g/mol. The van der Waals surface area contributed by atoms with Gasteiger partial charge in [0.1, 0.15) is 11.4 Å². The fourth-order valence-electron chi connectivity index (χ4n) is 2.95. The van der Waals surface area contributed by atoms with Gasteiger partial charge in [-0.05, 0) is 42.7 Å². The second kappa shape index (κ2) is 6.17. The van der Waals surface area contributed by atoms with Gasteiger partial charge in [0, 0.05) is 28.2 Å². The molecule has 2 aromatic rings. The van der Waals surface area contributed by atoms with Gasteiger partial charge in [0.2, 0.25) is 0 Å². The fraction of sp³-hybridized carbons (Fsp3) is 0.364. The SMILES string of the molecule is Cc1cc2c(cc1C#Cc1ccc(C(=O)O)cn1)C(C)(C)C(C)(C)CO2. The second-order valence-corrected chi connectivity index (χ2v) is 7.95. The zero-order valence-electron chi connectivity index (χ0n) is 15.8. The molecule has 0 aliphatic carbocycles. The van der Waals surface area contributed by atoms with Crippen LogP contribution in [-0.4, -0.2) is 22.7 Å². The number of aromatic nitrogens is 1. The Morgan fingerprint density at radius 2 is 1.92 bits per heavy atom. The highest BCUT2D eigenvalue weighted by molar-refractivity contribution is 5.87. The number of carboxylic acid groups (broad SMARTS) is 1. The Labute approximate surface area is 154 Å². The molecule has 26 heavy (non-hydrogen) atoms. The number of carbonyl (C=O) groups is 1. The summed E-state index contributed by atoms with van der Waals surface area (Å²) in [5.41, 5.74) is 3.83. The molecule has 0 fully saturated rings. The van der Waals surface area contributed by atoms with Gasteiger partial charge in [-0.1, -0.05) is 33.6 Å². The molecule has 0 amide bonds. The predicted molar refractivity (Wildman–Crippen MR) is 101 cm³/mol. The number of pyridine rings is 1. The van der Waals surface area contributed by atoms with Gasteiger partial charge in [0.25, 0.3) is 0 Å². The maximum Gasteiger partial charge on any atom is 0.337 e. The van der Waals surface area contributed by atoms with Crippen LogP contribution in [0.4, 0.5) is 0 Å². The van der Waals surface area contributed by atoms with Crippen LogP contribution in [0.1, 0.15) is 60.4 Å². The molecule has 2 heterocycles. The largest absolute Gasteiger partial charge is 0.493 e. The van der Waals surface area contributed by atoms with E-state index in [-0.39, 0.29) is 16.4 Å². The predicted octanol–water partition coefficient (Wildman–Crippen LogP) is 4.18. The minimum absolute atomic E-state index is 0.0220. The van der Waals surface area contributed by atoms with Gasteiger partial charge >= 0.3 is 5.97 Å². The quantitative estimate of drug-likeness (QED) is 0.785. The highest BCUT2D eigenvalue weighted by Crippen LogP contribution is 2.49. The van der Waals surface area contributed by atoms with Crippen molar-refractivity contribution in [2.75, 3.05) is 6.61 Å². The number of aryl methyl sites for hydroxylation is 1.